The van der Waals surface area contributed by atoms with E-state index in [-0.39, 0.29) is 10.9 Å². The van der Waals surface area contributed by atoms with E-state index in [1.165, 1.54) is 6.07 Å². The summed E-state index contributed by atoms with van der Waals surface area (Å²) in [6.07, 6.45) is 5.08. The Morgan fingerprint density at radius 2 is 2.10 bits per heavy atom. The first kappa shape index (κ1) is 14.0. The maximum Gasteiger partial charge on any atom is 0.243 e. The van der Waals surface area contributed by atoms with Gasteiger partial charge in [0, 0.05) is 24.6 Å². The minimum Gasteiger partial charge on any atom is -0.399 e. The van der Waals surface area contributed by atoms with Gasteiger partial charge in [-0.2, -0.15) is 4.31 Å². The summed E-state index contributed by atoms with van der Waals surface area (Å²) < 4.78 is 27.2. The summed E-state index contributed by atoms with van der Waals surface area (Å²) in [5.74, 6) is 0. The molecule has 1 aliphatic heterocycles. The zero-order chi connectivity index (χ0) is 14.9. The summed E-state index contributed by atoms with van der Waals surface area (Å²) in [7, 11) is -3.53. The van der Waals surface area contributed by atoms with Gasteiger partial charge in [-0.05, 0) is 42.7 Å². The highest BCUT2D eigenvalue weighted by Gasteiger charge is 2.36. The molecule has 0 spiro atoms. The summed E-state index contributed by atoms with van der Waals surface area (Å²) in [4.78, 5) is 4.34. The molecule has 3 rings (SSSR count). The molecule has 1 aromatic carbocycles. The van der Waals surface area contributed by atoms with Crippen molar-refractivity contribution in [1.29, 1.82) is 0 Å². The van der Waals surface area contributed by atoms with E-state index in [0.29, 0.717) is 12.2 Å². The maximum atomic E-state index is 12.8. The van der Waals surface area contributed by atoms with E-state index in [1.54, 1.807) is 34.9 Å². The lowest BCUT2D eigenvalue weighted by Gasteiger charge is -2.24. The predicted octanol–water partition coefficient (Wildman–Crippen LogP) is 2.19. The average molecular weight is 303 g/mol. The third-order valence-corrected chi connectivity index (χ3v) is 5.64. The molecule has 1 aromatic heterocycles. The molecule has 1 fully saturated rings. The van der Waals surface area contributed by atoms with Crippen LogP contribution in [-0.4, -0.2) is 24.3 Å². The molecule has 0 aliphatic carbocycles. The highest BCUT2D eigenvalue weighted by atomic mass is 32.2. The molecular formula is C15H17N3O2S. The number of nitrogens with two attached hydrogens (primary N) is 1. The molecule has 1 unspecified atom stereocenters. The Kier molecular flexibility index (Phi) is 3.65. The Morgan fingerprint density at radius 3 is 2.81 bits per heavy atom. The fourth-order valence-corrected chi connectivity index (χ4v) is 4.48. The molecule has 2 aromatic rings. The van der Waals surface area contributed by atoms with E-state index in [1.807, 2.05) is 12.1 Å². The number of sulfonamides is 1. The van der Waals surface area contributed by atoms with Crippen LogP contribution in [0.4, 0.5) is 5.69 Å². The molecule has 110 valence electrons. The van der Waals surface area contributed by atoms with Crippen molar-refractivity contribution in [2.75, 3.05) is 12.3 Å². The van der Waals surface area contributed by atoms with Crippen molar-refractivity contribution < 1.29 is 8.42 Å². The molecule has 0 saturated carbocycles. The standard InChI is InChI=1S/C15H17N3O2S/c16-13-5-1-6-14(10-13)21(19,20)18-9-3-7-15(18)12-4-2-8-17-11-12/h1-2,4-6,8,10-11,15H,3,7,9,16H2. The average Bonchev–Trinajstić information content (AvgIpc) is 2.98. The van der Waals surface area contributed by atoms with Gasteiger partial charge in [-0.1, -0.05) is 12.1 Å². The molecule has 6 heteroatoms. The van der Waals surface area contributed by atoms with Crippen molar-refractivity contribution in [2.24, 2.45) is 0 Å². The second-order valence-corrected chi connectivity index (χ2v) is 7.02. The third kappa shape index (κ3) is 2.64. The lowest BCUT2D eigenvalue weighted by molar-refractivity contribution is 0.396. The number of nitrogen functional groups attached to an aromatic ring is 1. The molecule has 1 saturated heterocycles. The molecule has 0 amide bonds. The minimum atomic E-state index is -3.53. The second-order valence-electron chi connectivity index (χ2n) is 5.13. The first-order valence-electron chi connectivity index (χ1n) is 6.86. The van der Waals surface area contributed by atoms with Gasteiger partial charge in [0.15, 0.2) is 0 Å². The van der Waals surface area contributed by atoms with Crippen molar-refractivity contribution in [2.45, 2.75) is 23.8 Å². The summed E-state index contributed by atoms with van der Waals surface area (Å²) in [6.45, 7) is 0.524. The first-order valence-corrected chi connectivity index (χ1v) is 8.30. The van der Waals surface area contributed by atoms with Crippen LogP contribution in [0.5, 0.6) is 0 Å². The quantitative estimate of drug-likeness (QED) is 0.882. The van der Waals surface area contributed by atoms with E-state index in [9.17, 15) is 8.42 Å². The van der Waals surface area contributed by atoms with Gasteiger partial charge in [-0.15, -0.1) is 0 Å². The summed E-state index contributed by atoms with van der Waals surface area (Å²) >= 11 is 0. The number of hydrogen-bond acceptors (Lipinski definition) is 4. The van der Waals surface area contributed by atoms with Crippen molar-refractivity contribution in [3.63, 3.8) is 0 Å². The highest BCUT2D eigenvalue weighted by Crippen LogP contribution is 2.36. The van der Waals surface area contributed by atoms with E-state index >= 15 is 0 Å². The molecule has 2 N–H and O–H groups in total. The third-order valence-electron chi connectivity index (χ3n) is 3.74. The van der Waals surface area contributed by atoms with E-state index in [4.69, 9.17) is 5.73 Å². The van der Waals surface area contributed by atoms with Crippen molar-refractivity contribution in [3.05, 3.63) is 54.4 Å². The van der Waals surface area contributed by atoms with Crippen LogP contribution in [0, 0.1) is 0 Å². The number of hydrogen-bond donors (Lipinski definition) is 1. The monoisotopic (exact) mass is 303 g/mol. The Hall–Kier alpha value is -1.92. The van der Waals surface area contributed by atoms with Gasteiger partial charge in [0.25, 0.3) is 0 Å². The van der Waals surface area contributed by atoms with Crippen LogP contribution in [-0.2, 0) is 10.0 Å². The minimum absolute atomic E-state index is 0.148. The van der Waals surface area contributed by atoms with Gasteiger partial charge in [0.05, 0.1) is 10.9 Å². The number of benzene rings is 1. The highest BCUT2D eigenvalue weighted by molar-refractivity contribution is 7.89. The predicted molar refractivity (Wildman–Crippen MR) is 81.0 cm³/mol. The van der Waals surface area contributed by atoms with E-state index in [0.717, 1.165) is 18.4 Å². The maximum absolute atomic E-state index is 12.8. The fraction of sp³-hybridized carbons (Fsp3) is 0.267. The molecule has 1 aliphatic rings. The number of pyridine rings is 1. The fourth-order valence-electron chi connectivity index (χ4n) is 2.74. The molecule has 21 heavy (non-hydrogen) atoms. The Morgan fingerprint density at radius 1 is 1.24 bits per heavy atom. The lowest BCUT2D eigenvalue weighted by Crippen LogP contribution is -2.30. The van der Waals surface area contributed by atoms with Crippen LogP contribution < -0.4 is 5.73 Å². The van der Waals surface area contributed by atoms with Gasteiger partial charge < -0.3 is 5.73 Å². The van der Waals surface area contributed by atoms with Crippen molar-refractivity contribution in [1.82, 2.24) is 9.29 Å². The summed E-state index contributed by atoms with van der Waals surface area (Å²) in [5, 5.41) is 0. The molecule has 1 atom stereocenters. The lowest BCUT2D eigenvalue weighted by atomic mass is 10.1. The summed E-state index contributed by atoms with van der Waals surface area (Å²) in [5.41, 5.74) is 7.09. The smallest absolute Gasteiger partial charge is 0.243 e. The van der Waals surface area contributed by atoms with Crippen LogP contribution in [0.25, 0.3) is 0 Å². The first-order chi connectivity index (χ1) is 10.1. The number of rotatable bonds is 3. The van der Waals surface area contributed by atoms with Crippen LogP contribution in [0.2, 0.25) is 0 Å². The molecule has 0 radical (unpaired) electrons. The molecular weight excluding hydrogens is 286 g/mol. The van der Waals surface area contributed by atoms with Gasteiger partial charge >= 0.3 is 0 Å². The molecule has 2 heterocycles. The Bertz CT molecular complexity index is 732. The van der Waals surface area contributed by atoms with Gasteiger partial charge in [0.1, 0.15) is 0 Å². The number of nitrogens with zero attached hydrogens (tertiary/aromatic N) is 2. The van der Waals surface area contributed by atoms with Crippen molar-refractivity contribution in [3.8, 4) is 0 Å². The van der Waals surface area contributed by atoms with E-state index in [2.05, 4.69) is 4.98 Å². The molecule has 0 bridgehead atoms. The van der Waals surface area contributed by atoms with Gasteiger partial charge in [0.2, 0.25) is 10.0 Å². The summed E-state index contributed by atoms with van der Waals surface area (Å²) in [6, 6.07) is 10.0. The number of anilines is 1. The normalized spacial score (nSPS) is 19.7. The van der Waals surface area contributed by atoms with Crippen LogP contribution in [0.15, 0.2) is 53.7 Å². The zero-order valence-corrected chi connectivity index (χ0v) is 12.3. The molecule has 5 nitrogen and oxygen atoms in total. The van der Waals surface area contributed by atoms with Gasteiger partial charge in [-0.25, -0.2) is 8.42 Å². The zero-order valence-electron chi connectivity index (χ0n) is 11.5. The SMILES string of the molecule is Nc1cccc(S(=O)(=O)N2CCCC2c2cccnc2)c1. The van der Waals surface area contributed by atoms with Crippen LogP contribution in [0.1, 0.15) is 24.4 Å². The topological polar surface area (TPSA) is 76.3 Å². The second kappa shape index (κ2) is 5.46. The van der Waals surface area contributed by atoms with Crippen molar-refractivity contribution >= 4 is 15.7 Å². The van der Waals surface area contributed by atoms with Crippen LogP contribution in [0.3, 0.4) is 0 Å². The van der Waals surface area contributed by atoms with E-state index < -0.39 is 10.0 Å². The van der Waals surface area contributed by atoms with Crippen LogP contribution >= 0.6 is 0 Å². The largest absolute Gasteiger partial charge is 0.399 e. The Balaban J connectivity index is 1.98. The Labute approximate surface area is 124 Å². The number of aromatic nitrogens is 1. The van der Waals surface area contributed by atoms with Gasteiger partial charge in [-0.3, -0.25) is 4.98 Å².